The molecule has 276 valence electrons. The zero-order valence-corrected chi connectivity index (χ0v) is 29.8. The van der Waals surface area contributed by atoms with E-state index in [0.717, 1.165) is 19.3 Å². The molecule has 50 heavy (non-hydrogen) atoms. The number of amides is 2. The molecule has 0 spiro atoms. The third kappa shape index (κ3) is 7.34. The number of hydrogen-bond acceptors (Lipinski definition) is 10. The SMILES string of the molecule is CCCCCCCCCCCCCCCC(=O)Nc1ccc2c(c1O)C(O)=C1C(=O)C3(O)C(O)=C(C(N)=O)C(=O)C(N(C)C)C3C(O)C1C2C. The van der Waals surface area contributed by atoms with Crippen LogP contribution in [0, 0.1) is 11.8 Å². The molecule has 0 saturated heterocycles. The standard InChI is InChI=1S/C38H55N3O9/c1-5-6-7-8-9-10-11-12-13-14-15-16-17-18-24(42)40-23-20-19-22-21(2)25-27(32(44)26(22)31(23)43)35(47)38(50)29(33(25)45)30(41(3)4)34(46)28(36(38)48)37(39)49/h19-21,25,29-30,33,43-45,48,50H,5-18H2,1-4H3,(H2,39,49)(H,40,42). The van der Waals surface area contributed by atoms with Crippen LogP contribution in [0.15, 0.2) is 29.0 Å². The molecule has 1 saturated carbocycles. The average molecular weight is 698 g/mol. The third-order valence-corrected chi connectivity index (χ3v) is 10.9. The summed E-state index contributed by atoms with van der Waals surface area (Å²) < 4.78 is 0. The number of aliphatic hydroxyl groups is 4. The number of benzene rings is 1. The van der Waals surface area contributed by atoms with E-state index in [4.69, 9.17) is 5.73 Å². The highest BCUT2D eigenvalue weighted by Gasteiger charge is 2.68. The van der Waals surface area contributed by atoms with Gasteiger partial charge in [0.05, 0.1) is 29.3 Å². The van der Waals surface area contributed by atoms with Gasteiger partial charge in [0.25, 0.3) is 5.91 Å². The number of likely N-dealkylation sites (N-methyl/N-ethyl adjacent to an activating group) is 1. The van der Waals surface area contributed by atoms with Crippen molar-refractivity contribution in [1.82, 2.24) is 4.90 Å². The molecular weight excluding hydrogens is 642 g/mol. The van der Waals surface area contributed by atoms with E-state index in [1.807, 2.05) is 0 Å². The summed E-state index contributed by atoms with van der Waals surface area (Å²) in [4.78, 5) is 53.8. The van der Waals surface area contributed by atoms with Crippen molar-refractivity contribution in [2.45, 2.75) is 127 Å². The Morgan fingerprint density at radius 2 is 1.44 bits per heavy atom. The zero-order valence-electron chi connectivity index (χ0n) is 29.8. The fraction of sp³-hybridized carbons (Fsp3) is 0.632. The molecule has 1 fully saturated rings. The summed E-state index contributed by atoms with van der Waals surface area (Å²) in [6, 6.07) is 1.64. The Morgan fingerprint density at radius 1 is 0.900 bits per heavy atom. The minimum Gasteiger partial charge on any atom is -0.508 e. The van der Waals surface area contributed by atoms with Crippen LogP contribution in [0.1, 0.15) is 121 Å². The van der Waals surface area contributed by atoms with Gasteiger partial charge in [0.2, 0.25) is 11.7 Å². The van der Waals surface area contributed by atoms with Gasteiger partial charge in [-0.1, -0.05) is 97.0 Å². The molecule has 3 aliphatic rings. The van der Waals surface area contributed by atoms with Gasteiger partial charge in [-0.05, 0) is 38.1 Å². The van der Waals surface area contributed by atoms with Gasteiger partial charge >= 0.3 is 0 Å². The molecule has 12 nitrogen and oxygen atoms in total. The van der Waals surface area contributed by atoms with Gasteiger partial charge in [-0.25, -0.2) is 0 Å². The lowest BCUT2D eigenvalue weighted by Gasteiger charge is -2.53. The number of nitrogens with two attached hydrogens (primary N) is 1. The molecule has 2 amide bonds. The molecule has 8 N–H and O–H groups in total. The first-order chi connectivity index (χ1) is 23.7. The Hall–Kier alpha value is -3.74. The van der Waals surface area contributed by atoms with Crippen LogP contribution in [0.5, 0.6) is 5.75 Å². The summed E-state index contributed by atoms with van der Waals surface area (Å²) in [5, 5.41) is 60.1. The van der Waals surface area contributed by atoms with Crippen molar-refractivity contribution >= 4 is 34.8 Å². The van der Waals surface area contributed by atoms with Gasteiger partial charge in [0, 0.05) is 17.9 Å². The second-order valence-corrected chi connectivity index (χ2v) is 14.5. The second kappa shape index (κ2) is 16.5. The van der Waals surface area contributed by atoms with Crippen LogP contribution in [0.25, 0.3) is 5.76 Å². The zero-order chi connectivity index (χ0) is 36.9. The number of nitrogens with zero attached hydrogens (tertiary/aromatic N) is 1. The van der Waals surface area contributed by atoms with Crippen molar-refractivity contribution in [1.29, 1.82) is 0 Å². The number of carbonyl (C=O) groups is 4. The maximum absolute atomic E-state index is 14.2. The number of phenolic OH excluding ortho intramolecular Hbond substituents is 1. The molecule has 1 aromatic carbocycles. The van der Waals surface area contributed by atoms with Crippen LogP contribution in [-0.4, -0.2) is 85.7 Å². The Kier molecular flexibility index (Phi) is 12.9. The molecule has 0 aliphatic heterocycles. The number of ketones is 2. The van der Waals surface area contributed by atoms with E-state index < -0.39 is 81.4 Å². The molecule has 1 aromatic rings. The smallest absolute Gasteiger partial charge is 0.255 e. The molecule has 12 heteroatoms. The van der Waals surface area contributed by atoms with Crippen molar-refractivity contribution in [3.05, 3.63) is 40.2 Å². The highest BCUT2D eigenvalue weighted by atomic mass is 16.4. The second-order valence-electron chi connectivity index (χ2n) is 14.5. The van der Waals surface area contributed by atoms with Gasteiger partial charge in [-0.15, -0.1) is 0 Å². The third-order valence-electron chi connectivity index (χ3n) is 10.9. The van der Waals surface area contributed by atoms with Gasteiger partial charge in [-0.2, -0.15) is 0 Å². The normalized spacial score (nSPS) is 26.2. The number of fused-ring (bicyclic) bond motifs is 3. The molecule has 4 rings (SSSR count). The van der Waals surface area contributed by atoms with Crippen LogP contribution in [0.4, 0.5) is 5.69 Å². The molecule has 0 aromatic heterocycles. The Balaban J connectivity index is 1.46. The number of unbranched alkanes of at least 4 members (excludes halogenated alkanes) is 12. The predicted octanol–water partition coefficient (Wildman–Crippen LogP) is 4.92. The van der Waals surface area contributed by atoms with Gasteiger partial charge in [-0.3, -0.25) is 24.1 Å². The average Bonchev–Trinajstić information content (AvgIpc) is 3.05. The first-order valence-corrected chi connectivity index (χ1v) is 18.2. The Labute approximate surface area is 294 Å². The van der Waals surface area contributed by atoms with Crippen molar-refractivity contribution < 1.29 is 44.7 Å². The summed E-state index contributed by atoms with van der Waals surface area (Å²) in [6.45, 7) is 3.88. The molecule has 0 radical (unpaired) electrons. The van der Waals surface area contributed by atoms with E-state index >= 15 is 0 Å². The molecule has 3 aliphatic carbocycles. The van der Waals surface area contributed by atoms with E-state index in [1.54, 1.807) is 13.0 Å². The number of hydrogen-bond donors (Lipinski definition) is 7. The van der Waals surface area contributed by atoms with Gasteiger partial charge in [0.15, 0.2) is 11.4 Å². The van der Waals surface area contributed by atoms with Crippen LogP contribution in [0.2, 0.25) is 0 Å². The lowest BCUT2D eigenvalue weighted by Crippen LogP contribution is -2.70. The molecule has 0 bridgehead atoms. The molecule has 6 unspecified atom stereocenters. The van der Waals surface area contributed by atoms with E-state index in [1.165, 1.54) is 82.8 Å². The number of Topliss-reactive ketones (excluding diaryl/α,β-unsaturated/α-hetero) is 2. The number of aliphatic hydroxyl groups excluding tert-OH is 3. The fourth-order valence-electron chi connectivity index (χ4n) is 8.23. The maximum atomic E-state index is 14.2. The van der Waals surface area contributed by atoms with Crippen molar-refractivity contribution in [3.8, 4) is 5.75 Å². The lowest BCUT2D eigenvalue weighted by atomic mass is 9.54. The summed E-state index contributed by atoms with van der Waals surface area (Å²) >= 11 is 0. The largest absolute Gasteiger partial charge is 0.508 e. The number of anilines is 1. The Morgan fingerprint density at radius 3 is 1.96 bits per heavy atom. The fourth-order valence-corrected chi connectivity index (χ4v) is 8.23. The first-order valence-electron chi connectivity index (χ1n) is 18.2. The number of rotatable bonds is 17. The van der Waals surface area contributed by atoms with Gasteiger partial charge in [0.1, 0.15) is 22.8 Å². The maximum Gasteiger partial charge on any atom is 0.255 e. The summed E-state index contributed by atoms with van der Waals surface area (Å²) in [7, 11) is 2.91. The highest BCUT2D eigenvalue weighted by molar-refractivity contribution is 6.24. The minimum absolute atomic E-state index is 0.0105. The number of aromatic hydroxyl groups is 1. The predicted molar refractivity (Wildman–Crippen MR) is 189 cm³/mol. The number of carbonyl (C=O) groups excluding carboxylic acids is 4. The summed E-state index contributed by atoms with van der Waals surface area (Å²) in [6.07, 6.45) is 13.9. The highest BCUT2D eigenvalue weighted by Crippen LogP contribution is 2.56. The van der Waals surface area contributed by atoms with Crippen LogP contribution in [0.3, 0.4) is 0 Å². The number of phenols is 1. The topological polar surface area (TPSA) is 211 Å². The quantitative estimate of drug-likeness (QED) is 0.0664. The lowest BCUT2D eigenvalue weighted by molar-refractivity contribution is -0.169. The van der Waals surface area contributed by atoms with E-state index in [0.29, 0.717) is 12.0 Å². The van der Waals surface area contributed by atoms with Crippen LogP contribution >= 0.6 is 0 Å². The van der Waals surface area contributed by atoms with Crippen molar-refractivity contribution in [3.63, 3.8) is 0 Å². The van der Waals surface area contributed by atoms with E-state index in [-0.39, 0.29) is 23.6 Å². The number of primary amides is 1. The first kappa shape index (κ1) is 39.1. The minimum atomic E-state index is -2.99. The van der Waals surface area contributed by atoms with E-state index in [2.05, 4.69) is 12.2 Å². The monoisotopic (exact) mass is 697 g/mol. The molecule has 6 atom stereocenters. The molecule has 0 heterocycles. The van der Waals surface area contributed by atoms with Crippen LogP contribution < -0.4 is 11.1 Å². The van der Waals surface area contributed by atoms with E-state index in [9.17, 15) is 44.7 Å². The van der Waals surface area contributed by atoms with Crippen LogP contribution in [-0.2, 0) is 19.2 Å². The summed E-state index contributed by atoms with van der Waals surface area (Å²) in [5.41, 5.74) is 1.14. The molecular formula is C38H55N3O9. The summed E-state index contributed by atoms with van der Waals surface area (Å²) in [5.74, 6) is -9.95. The van der Waals surface area contributed by atoms with Crippen molar-refractivity contribution in [2.24, 2.45) is 17.6 Å². The van der Waals surface area contributed by atoms with Crippen molar-refractivity contribution in [2.75, 3.05) is 19.4 Å². The Bertz CT molecular complexity index is 1530. The number of nitrogens with one attached hydrogen (secondary N) is 1. The van der Waals surface area contributed by atoms with Gasteiger partial charge < -0.3 is 36.6 Å².